The third kappa shape index (κ3) is 2.38. The van der Waals surface area contributed by atoms with Gasteiger partial charge in [-0.1, -0.05) is 0 Å². The number of aliphatic carboxylic acids is 1. The van der Waals surface area contributed by atoms with Crippen LogP contribution in [-0.4, -0.2) is 22.6 Å². The number of carboxylic acids is 1. The fraction of sp³-hybridized carbons (Fsp3) is 0.857. The molecule has 0 amide bonds. The van der Waals surface area contributed by atoms with Crippen molar-refractivity contribution in [2.45, 2.75) is 58.5 Å². The molecular weight excluding hydrogens is 232 g/mol. The van der Waals surface area contributed by atoms with E-state index in [2.05, 4.69) is 0 Å². The second kappa shape index (κ2) is 4.25. The number of esters is 1. The van der Waals surface area contributed by atoms with E-state index >= 15 is 0 Å². The monoisotopic (exact) mass is 254 g/mol. The first-order valence-electron chi connectivity index (χ1n) is 6.70. The molecule has 0 saturated heterocycles. The van der Waals surface area contributed by atoms with E-state index in [1.165, 1.54) is 0 Å². The molecule has 1 N–H and O–H groups in total. The van der Waals surface area contributed by atoms with Crippen molar-refractivity contribution in [3.8, 4) is 0 Å². The van der Waals surface area contributed by atoms with Crippen LogP contribution >= 0.6 is 0 Å². The highest BCUT2D eigenvalue weighted by molar-refractivity contribution is 5.80. The number of hydrogen-bond donors (Lipinski definition) is 1. The van der Waals surface area contributed by atoms with Gasteiger partial charge in [0.1, 0.15) is 5.60 Å². The van der Waals surface area contributed by atoms with Gasteiger partial charge in [0, 0.05) is 0 Å². The Bertz CT molecular complexity index is 358. The van der Waals surface area contributed by atoms with E-state index in [4.69, 9.17) is 4.74 Å². The van der Waals surface area contributed by atoms with Crippen LogP contribution in [0.5, 0.6) is 0 Å². The zero-order valence-corrected chi connectivity index (χ0v) is 11.4. The number of rotatable bonds is 2. The van der Waals surface area contributed by atoms with Crippen molar-refractivity contribution in [2.24, 2.45) is 17.3 Å². The minimum atomic E-state index is -0.757. The van der Waals surface area contributed by atoms with Crippen LogP contribution < -0.4 is 0 Å². The summed E-state index contributed by atoms with van der Waals surface area (Å²) in [6, 6.07) is 0. The van der Waals surface area contributed by atoms with E-state index in [0.29, 0.717) is 6.42 Å². The van der Waals surface area contributed by atoms with Crippen molar-refractivity contribution in [1.29, 1.82) is 0 Å². The van der Waals surface area contributed by atoms with Gasteiger partial charge in [0.15, 0.2) is 0 Å². The zero-order chi connectivity index (χ0) is 13.6. The lowest BCUT2D eigenvalue weighted by Gasteiger charge is -2.48. The van der Waals surface area contributed by atoms with Crippen LogP contribution in [-0.2, 0) is 14.3 Å². The molecule has 0 radical (unpaired) electrons. The standard InChI is InChI=1S/C14H22O4/c1-13(2,3)18-12(17)14-6-4-9(5-7-14)10(8-14)11(15)16/h9-10H,4-8H2,1-3H3,(H,15,16). The molecule has 18 heavy (non-hydrogen) atoms. The molecule has 0 aromatic rings. The molecule has 0 spiro atoms. The molecule has 3 aliphatic carbocycles. The summed E-state index contributed by atoms with van der Waals surface area (Å²) in [6.07, 6.45) is 3.72. The van der Waals surface area contributed by atoms with Crippen LogP contribution in [0.1, 0.15) is 52.9 Å². The number of carbonyl (C=O) groups excluding carboxylic acids is 1. The maximum absolute atomic E-state index is 12.3. The van der Waals surface area contributed by atoms with E-state index in [-0.39, 0.29) is 17.8 Å². The highest BCUT2D eigenvalue weighted by atomic mass is 16.6. The average molecular weight is 254 g/mol. The molecule has 1 unspecified atom stereocenters. The Morgan fingerprint density at radius 3 is 2.22 bits per heavy atom. The van der Waals surface area contributed by atoms with Crippen molar-refractivity contribution in [1.82, 2.24) is 0 Å². The number of fused-ring (bicyclic) bond motifs is 3. The second-order valence-corrected chi connectivity index (χ2v) is 6.77. The molecular formula is C14H22O4. The molecule has 3 aliphatic rings. The molecule has 3 rings (SSSR count). The number of hydrogen-bond acceptors (Lipinski definition) is 3. The second-order valence-electron chi connectivity index (χ2n) is 6.77. The average Bonchev–Trinajstić information content (AvgIpc) is 2.28. The van der Waals surface area contributed by atoms with Crippen LogP contribution in [0.4, 0.5) is 0 Å². The maximum Gasteiger partial charge on any atom is 0.312 e. The van der Waals surface area contributed by atoms with Gasteiger partial charge >= 0.3 is 11.9 Å². The van der Waals surface area contributed by atoms with Crippen molar-refractivity contribution in [3.63, 3.8) is 0 Å². The summed E-state index contributed by atoms with van der Waals surface area (Å²) in [6.45, 7) is 5.56. The predicted molar refractivity (Wildman–Crippen MR) is 66.0 cm³/mol. The fourth-order valence-electron chi connectivity index (χ4n) is 3.35. The van der Waals surface area contributed by atoms with E-state index in [1.807, 2.05) is 20.8 Å². The van der Waals surface area contributed by atoms with Crippen LogP contribution in [0.15, 0.2) is 0 Å². The molecule has 0 aliphatic heterocycles. The molecule has 0 heterocycles. The summed E-state index contributed by atoms with van der Waals surface area (Å²) in [5, 5.41) is 9.24. The highest BCUT2D eigenvalue weighted by Gasteiger charge is 2.53. The van der Waals surface area contributed by atoms with Crippen molar-refractivity contribution in [2.75, 3.05) is 0 Å². The number of carboxylic acid groups (broad SMARTS) is 1. The Hall–Kier alpha value is -1.06. The van der Waals surface area contributed by atoms with Gasteiger partial charge in [0.25, 0.3) is 0 Å². The molecule has 4 nitrogen and oxygen atoms in total. The Morgan fingerprint density at radius 1 is 1.22 bits per heavy atom. The molecule has 0 aromatic heterocycles. The molecule has 0 aromatic carbocycles. The maximum atomic E-state index is 12.3. The highest BCUT2D eigenvalue weighted by Crippen LogP contribution is 2.54. The lowest BCUT2D eigenvalue weighted by Crippen LogP contribution is -2.49. The van der Waals surface area contributed by atoms with Crippen LogP contribution in [0, 0.1) is 17.3 Å². The third-order valence-electron chi connectivity index (χ3n) is 4.32. The Balaban J connectivity index is 2.15. The van der Waals surface area contributed by atoms with Gasteiger partial charge in [-0.3, -0.25) is 9.59 Å². The number of carbonyl (C=O) groups is 2. The minimum absolute atomic E-state index is 0.195. The van der Waals surface area contributed by atoms with Crippen molar-refractivity contribution < 1.29 is 19.4 Å². The fourth-order valence-corrected chi connectivity index (χ4v) is 3.35. The summed E-state index contributed by atoms with van der Waals surface area (Å²) in [4.78, 5) is 23.6. The van der Waals surface area contributed by atoms with Gasteiger partial charge in [0.2, 0.25) is 0 Å². The van der Waals surface area contributed by atoms with E-state index in [1.54, 1.807) is 0 Å². The molecule has 3 saturated carbocycles. The molecule has 102 valence electrons. The van der Waals surface area contributed by atoms with Gasteiger partial charge in [-0.25, -0.2) is 0 Å². The van der Waals surface area contributed by atoms with Gasteiger partial charge < -0.3 is 9.84 Å². The Kier molecular flexibility index (Phi) is 3.16. The predicted octanol–water partition coefficient (Wildman–Crippen LogP) is 2.61. The summed E-state index contributed by atoms with van der Waals surface area (Å²) < 4.78 is 5.49. The van der Waals surface area contributed by atoms with Crippen LogP contribution in [0.3, 0.4) is 0 Å². The molecule has 2 bridgehead atoms. The smallest absolute Gasteiger partial charge is 0.312 e. The molecule has 4 heteroatoms. The topological polar surface area (TPSA) is 63.6 Å². The molecule has 3 fully saturated rings. The quantitative estimate of drug-likeness (QED) is 0.769. The van der Waals surface area contributed by atoms with Crippen LogP contribution in [0.2, 0.25) is 0 Å². The first kappa shape index (κ1) is 13.4. The van der Waals surface area contributed by atoms with Crippen molar-refractivity contribution in [3.05, 3.63) is 0 Å². The summed E-state index contributed by atoms with van der Waals surface area (Å²) >= 11 is 0. The van der Waals surface area contributed by atoms with E-state index in [0.717, 1.165) is 25.7 Å². The summed E-state index contributed by atoms with van der Waals surface area (Å²) in [7, 11) is 0. The Labute approximate surface area is 108 Å². The van der Waals surface area contributed by atoms with Crippen molar-refractivity contribution >= 4 is 11.9 Å². The summed E-state index contributed by atoms with van der Waals surface area (Å²) in [5.41, 5.74) is -1.04. The SMILES string of the molecule is CC(C)(C)OC(=O)C12CCC(CC1)C(C(=O)O)C2. The normalized spacial score (nSPS) is 35.3. The first-order valence-corrected chi connectivity index (χ1v) is 6.70. The van der Waals surface area contributed by atoms with Gasteiger partial charge in [-0.15, -0.1) is 0 Å². The van der Waals surface area contributed by atoms with E-state index in [9.17, 15) is 14.7 Å². The molecule has 1 atom stereocenters. The largest absolute Gasteiger partial charge is 0.481 e. The van der Waals surface area contributed by atoms with E-state index < -0.39 is 17.0 Å². The third-order valence-corrected chi connectivity index (χ3v) is 4.32. The van der Waals surface area contributed by atoms with Gasteiger partial charge in [-0.05, 0) is 58.8 Å². The number of ether oxygens (including phenoxy) is 1. The zero-order valence-electron chi connectivity index (χ0n) is 11.4. The Morgan fingerprint density at radius 2 is 1.78 bits per heavy atom. The summed E-state index contributed by atoms with van der Waals surface area (Å²) in [5.74, 6) is -1.06. The lowest BCUT2D eigenvalue weighted by atomic mass is 9.56. The first-order chi connectivity index (χ1) is 8.23. The van der Waals surface area contributed by atoms with Gasteiger partial charge in [0.05, 0.1) is 11.3 Å². The minimum Gasteiger partial charge on any atom is -0.481 e. The lowest BCUT2D eigenvalue weighted by molar-refractivity contribution is -0.179. The van der Waals surface area contributed by atoms with Gasteiger partial charge in [-0.2, -0.15) is 0 Å². The van der Waals surface area contributed by atoms with Crippen LogP contribution in [0.25, 0.3) is 0 Å².